The molecule has 2 rings (SSSR count). The van der Waals surface area contributed by atoms with E-state index in [1.807, 2.05) is 24.3 Å². The number of furan rings is 1. The fraction of sp³-hybridized carbons (Fsp3) is 0.182. The Bertz CT molecular complexity index is 478. The molecular weight excluding hydrogens is 258 g/mol. The molecule has 2 aromatic rings. The smallest absolute Gasteiger partial charge is 0.287 e. The molecule has 0 unspecified atom stereocenters. The molecule has 0 spiro atoms. The Morgan fingerprint density at radius 3 is 3.00 bits per heavy atom. The number of carbonyl (C=O) groups is 1. The van der Waals surface area contributed by atoms with Crippen LogP contribution in [0.4, 0.5) is 4.79 Å². The topological polar surface area (TPSA) is 42.2 Å². The third-order valence-corrected chi connectivity index (χ3v) is 2.50. The minimum Gasteiger partial charge on any atom is -0.464 e. The lowest BCUT2D eigenvalue weighted by molar-refractivity contribution is 0.262. The van der Waals surface area contributed by atoms with Gasteiger partial charge in [0, 0.05) is 27.9 Å². The Labute approximate surface area is 95.6 Å². The largest absolute Gasteiger partial charge is 0.464 e. The number of halogens is 1. The van der Waals surface area contributed by atoms with E-state index in [0.29, 0.717) is 6.54 Å². The number of hydrogen-bond donors (Lipinski definition) is 1. The van der Waals surface area contributed by atoms with Crippen molar-refractivity contribution in [2.24, 2.45) is 0 Å². The minimum atomic E-state index is -0.185. The number of hydrogen-bond acceptors (Lipinski definition) is 2. The molecule has 15 heavy (non-hydrogen) atoms. The number of amides is 1. The van der Waals surface area contributed by atoms with Gasteiger partial charge in [-0.3, -0.25) is 4.79 Å². The summed E-state index contributed by atoms with van der Waals surface area (Å²) in [4.78, 5) is 10.4. The molecule has 0 saturated heterocycles. The standard InChI is InChI=1S/C11H10BrNO2/c12-11(14)13-6-5-8-7-15-10-4-2-1-3-9(8)10/h1-4,7H,5-6H2,(H,13,14). The van der Waals surface area contributed by atoms with Crippen LogP contribution >= 0.6 is 15.9 Å². The molecular formula is C11H10BrNO2. The minimum absolute atomic E-state index is 0.185. The second kappa shape index (κ2) is 4.49. The lowest BCUT2D eigenvalue weighted by atomic mass is 10.1. The van der Waals surface area contributed by atoms with Crippen molar-refractivity contribution >= 4 is 31.7 Å². The number of rotatable bonds is 3. The first-order valence-electron chi connectivity index (χ1n) is 4.66. The number of fused-ring (bicyclic) bond motifs is 1. The molecule has 0 aliphatic heterocycles. The molecule has 0 radical (unpaired) electrons. The van der Waals surface area contributed by atoms with Gasteiger partial charge in [-0.05, 0) is 18.1 Å². The lowest BCUT2D eigenvalue weighted by Crippen LogP contribution is -2.18. The number of para-hydroxylation sites is 1. The summed E-state index contributed by atoms with van der Waals surface area (Å²) in [6.07, 6.45) is 2.51. The summed E-state index contributed by atoms with van der Waals surface area (Å²) in [7, 11) is 0. The van der Waals surface area contributed by atoms with Crippen LogP contribution in [0.3, 0.4) is 0 Å². The van der Waals surface area contributed by atoms with Crippen LogP contribution in [-0.4, -0.2) is 11.4 Å². The van der Waals surface area contributed by atoms with Crippen LogP contribution in [0.15, 0.2) is 34.9 Å². The molecule has 0 aliphatic rings. The van der Waals surface area contributed by atoms with Gasteiger partial charge in [-0.15, -0.1) is 0 Å². The van der Waals surface area contributed by atoms with Crippen molar-refractivity contribution in [3.05, 3.63) is 36.1 Å². The highest BCUT2D eigenvalue weighted by Crippen LogP contribution is 2.20. The lowest BCUT2D eigenvalue weighted by Gasteiger charge is -1.98. The van der Waals surface area contributed by atoms with E-state index in [9.17, 15) is 4.79 Å². The van der Waals surface area contributed by atoms with Crippen LogP contribution in [0.2, 0.25) is 0 Å². The number of nitrogens with one attached hydrogen (secondary N) is 1. The zero-order chi connectivity index (χ0) is 10.7. The predicted octanol–water partition coefficient (Wildman–Crippen LogP) is 3.08. The zero-order valence-corrected chi connectivity index (χ0v) is 9.58. The Morgan fingerprint density at radius 1 is 1.40 bits per heavy atom. The van der Waals surface area contributed by atoms with Crippen LogP contribution in [0.5, 0.6) is 0 Å². The molecule has 0 aliphatic carbocycles. The summed E-state index contributed by atoms with van der Waals surface area (Å²) >= 11 is 2.81. The summed E-state index contributed by atoms with van der Waals surface area (Å²) in [6.45, 7) is 0.605. The zero-order valence-electron chi connectivity index (χ0n) is 8.00. The summed E-state index contributed by atoms with van der Waals surface area (Å²) < 4.78 is 5.38. The maximum atomic E-state index is 10.6. The molecule has 0 atom stereocenters. The van der Waals surface area contributed by atoms with E-state index >= 15 is 0 Å². The predicted molar refractivity (Wildman–Crippen MR) is 62.2 cm³/mol. The molecule has 0 bridgehead atoms. The highest BCUT2D eigenvalue weighted by molar-refractivity contribution is 9.18. The van der Waals surface area contributed by atoms with Gasteiger partial charge >= 0.3 is 0 Å². The molecule has 1 amide bonds. The van der Waals surface area contributed by atoms with Gasteiger partial charge in [-0.2, -0.15) is 0 Å². The molecule has 1 aromatic carbocycles. The Hall–Kier alpha value is -1.29. The van der Waals surface area contributed by atoms with E-state index in [1.165, 1.54) is 0 Å². The van der Waals surface area contributed by atoms with E-state index < -0.39 is 0 Å². The highest BCUT2D eigenvalue weighted by atomic mass is 79.9. The van der Waals surface area contributed by atoms with E-state index in [1.54, 1.807) is 6.26 Å². The number of carbonyl (C=O) groups excluding carboxylic acids is 1. The Balaban J connectivity index is 2.11. The Kier molecular flexibility index (Phi) is 3.06. The van der Waals surface area contributed by atoms with E-state index in [4.69, 9.17) is 4.42 Å². The molecule has 1 heterocycles. The van der Waals surface area contributed by atoms with Gasteiger partial charge in [0.15, 0.2) is 0 Å². The SMILES string of the molecule is O=C(Br)NCCc1coc2ccccc12. The molecule has 0 saturated carbocycles. The van der Waals surface area contributed by atoms with Gasteiger partial charge in [0.25, 0.3) is 4.82 Å². The van der Waals surface area contributed by atoms with E-state index in [0.717, 1.165) is 23.0 Å². The van der Waals surface area contributed by atoms with Crippen LogP contribution in [0, 0.1) is 0 Å². The molecule has 1 aromatic heterocycles. The van der Waals surface area contributed by atoms with Crippen molar-refractivity contribution in [1.82, 2.24) is 5.32 Å². The first kappa shape index (κ1) is 10.2. The number of benzene rings is 1. The van der Waals surface area contributed by atoms with Gasteiger partial charge in [-0.1, -0.05) is 18.2 Å². The first-order chi connectivity index (χ1) is 7.27. The van der Waals surface area contributed by atoms with Crippen LogP contribution in [0.25, 0.3) is 11.0 Å². The molecule has 1 N–H and O–H groups in total. The quantitative estimate of drug-likeness (QED) is 0.686. The van der Waals surface area contributed by atoms with Crippen LogP contribution < -0.4 is 5.32 Å². The maximum absolute atomic E-state index is 10.6. The van der Waals surface area contributed by atoms with Crippen molar-refractivity contribution in [3.63, 3.8) is 0 Å². The highest BCUT2D eigenvalue weighted by Gasteiger charge is 2.04. The van der Waals surface area contributed by atoms with Gasteiger partial charge in [0.05, 0.1) is 6.26 Å². The van der Waals surface area contributed by atoms with Gasteiger partial charge in [0.1, 0.15) is 5.58 Å². The summed E-state index contributed by atoms with van der Waals surface area (Å²) in [6, 6.07) is 7.87. The van der Waals surface area contributed by atoms with Crippen LogP contribution in [0.1, 0.15) is 5.56 Å². The normalized spacial score (nSPS) is 10.5. The molecule has 78 valence electrons. The van der Waals surface area contributed by atoms with Crippen molar-refractivity contribution in [2.75, 3.05) is 6.54 Å². The van der Waals surface area contributed by atoms with Crippen molar-refractivity contribution in [2.45, 2.75) is 6.42 Å². The molecule has 0 fully saturated rings. The maximum Gasteiger partial charge on any atom is 0.287 e. The van der Waals surface area contributed by atoms with Crippen molar-refractivity contribution in [1.29, 1.82) is 0 Å². The molecule has 4 heteroatoms. The molecule has 3 nitrogen and oxygen atoms in total. The van der Waals surface area contributed by atoms with E-state index in [2.05, 4.69) is 21.2 Å². The van der Waals surface area contributed by atoms with Crippen molar-refractivity contribution < 1.29 is 9.21 Å². The van der Waals surface area contributed by atoms with Gasteiger partial charge in [0.2, 0.25) is 0 Å². The summed E-state index contributed by atoms with van der Waals surface area (Å²) in [5.74, 6) is 0. The fourth-order valence-electron chi connectivity index (χ4n) is 1.52. The fourth-order valence-corrected chi connectivity index (χ4v) is 1.72. The third-order valence-electron chi connectivity index (χ3n) is 2.22. The summed E-state index contributed by atoms with van der Waals surface area (Å²) in [5, 5.41) is 3.80. The average Bonchev–Trinajstić information content (AvgIpc) is 2.62. The van der Waals surface area contributed by atoms with Gasteiger partial charge in [-0.25, -0.2) is 0 Å². The monoisotopic (exact) mass is 267 g/mol. The third kappa shape index (κ3) is 2.39. The second-order valence-electron chi connectivity index (χ2n) is 3.21. The van der Waals surface area contributed by atoms with Crippen molar-refractivity contribution in [3.8, 4) is 0 Å². The van der Waals surface area contributed by atoms with Crippen LogP contribution in [-0.2, 0) is 6.42 Å². The van der Waals surface area contributed by atoms with E-state index in [-0.39, 0.29) is 4.82 Å². The Morgan fingerprint density at radius 2 is 2.20 bits per heavy atom. The first-order valence-corrected chi connectivity index (χ1v) is 5.45. The second-order valence-corrected chi connectivity index (χ2v) is 3.93. The average molecular weight is 268 g/mol. The van der Waals surface area contributed by atoms with Gasteiger partial charge < -0.3 is 9.73 Å². The summed E-state index contributed by atoms with van der Waals surface area (Å²) in [5.41, 5.74) is 2.00.